The summed E-state index contributed by atoms with van der Waals surface area (Å²) in [5.74, 6) is -0.0804. The molecule has 1 aliphatic carbocycles. The van der Waals surface area contributed by atoms with Gasteiger partial charge in [0.1, 0.15) is 22.8 Å². The highest BCUT2D eigenvalue weighted by molar-refractivity contribution is 6.35. The van der Waals surface area contributed by atoms with Gasteiger partial charge in [0.25, 0.3) is 5.56 Å². The van der Waals surface area contributed by atoms with E-state index in [9.17, 15) is 14.0 Å². The molecule has 0 bridgehead atoms. The van der Waals surface area contributed by atoms with Gasteiger partial charge in [-0.05, 0) is 39.8 Å². The first-order valence-corrected chi connectivity index (χ1v) is 10.0. The molecule has 3 atom stereocenters. The Morgan fingerprint density at radius 3 is 2.52 bits per heavy atom. The van der Waals surface area contributed by atoms with Crippen LogP contribution < -0.4 is 11.3 Å². The molecule has 156 valence electrons. The zero-order valence-corrected chi connectivity index (χ0v) is 17.5. The lowest BCUT2D eigenvalue weighted by atomic mass is 10.2. The van der Waals surface area contributed by atoms with E-state index >= 15 is 0 Å². The number of rotatable bonds is 2. The number of aromatic nitrogens is 2. The van der Waals surface area contributed by atoms with Crippen LogP contribution in [0.3, 0.4) is 0 Å². The SMILES string of the molecule is C[C@H](N)c1nc2c(F)ccc(Cl)c2c(=O)n1C1C2CN(C(=O)OC(C)(C)C)CC21. The number of hydrogen-bond donors (Lipinski definition) is 1. The van der Waals surface area contributed by atoms with E-state index in [0.717, 1.165) is 0 Å². The third kappa shape index (κ3) is 3.38. The van der Waals surface area contributed by atoms with Crippen molar-refractivity contribution in [2.24, 2.45) is 17.6 Å². The van der Waals surface area contributed by atoms with Crippen LogP contribution in [-0.2, 0) is 4.74 Å². The second-order valence-electron chi connectivity index (χ2n) is 8.89. The molecule has 1 saturated carbocycles. The van der Waals surface area contributed by atoms with Gasteiger partial charge >= 0.3 is 6.09 Å². The minimum absolute atomic E-state index is 0.0602. The zero-order chi connectivity index (χ0) is 21.2. The van der Waals surface area contributed by atoms with Gasteiger partial charge < -0.3 is 15.4 Å². The van der Waals surface area contributed by atoms with Crippen molar-refractivity contribution in [3.63, 3.8) is 0 Å². The molecule has 2 fully saturated rings. The molecule has 2 unspecified atom stereocenters. The van der Waals surface area contributed by atoms with Crippen molar-refractivity contribution in [2.75, 3.05) is 13.1 Å². The van der Waals surface area contributed by atoms with Gasteiger partial charge in [-0.2, -0.15) is 0 Å². The van der Waals surface area contributed by atoms with Crippen LogP contribution >= 0.6 is 11.6 Å². The molecule has 1 aromatic carbocycles. The topological polar surface area (TPSA) is 90.5 Å². The van der Waals surface area contributed by atoms with Gasteiger partial charge in [0.2, 0.25) is 0 Å². The molecule has 4 rings (SSSR count). The number of carbonyl (C=O) groups excluding carboxylic acids is 1. The average molecular weight is 423 g/mol. The first-order valence-electron chi connectivity index (χ1n) is 9.63. The van der Waals surface area contributed by atoms with Crippen LogP contribution in [0, 0.1) is 17.7 Å². The van der Waals surface area contributed by atoms with Gasteiger partial charge in [-0.15, -0.1) is 0 Å². The van der Waals surface area contributed by atoms with E-state index in [1.54, 1.807) is 16.4 Å². The van der Waals surface area contributed by atoms with Crippen molar-refractivity contribution in [2.45, 2.75) is 45.4 Å². The lowest BCUT2D eigenvalue weighted by Crippen LogP contribution is -2.38. The number of halogens is 2. The summed E-state index contributed by atoms with van der Waals surface area (Å²) in [5, 5.41) is 0.218. The Morgan fingerprint density at radius 2 is 1.97 bits per heavy atom. The normalized spacial score (nSPS) is 24.5. The predicted octanol–water partition coefficient (Wildman–Crippen LogP) is 3.25. The minimum atomic E-state index is -0.609. The average Bonchev–Trinajstić information content (AvgIpc) is 3.07. The number of carbonyl (C=O) groups is 1. The second-order valence-corrected chi connectivity index (χ2v) is 9.30. The molecule has 0 spiro atoms. The summed E-state index contributed by atoms with van der Waals surface area (Å²) in [6.07, 6.45) is -0.357. The Morgan fingerprint density at radius 1 is 1.34 bits per heavy atom. The maximum atomic E-state index is 14.3. The molecular weight excluding hydrogens is 399 g/mol. The molecule has 1 aliphatic heterocycles. The largest absolute Gasteiger partial charge is 0.444 e. The van der Waals surface area contributed by atoms with Crippen LogP contribution in [-0.4, -0.2) is 39.2 Å². The monoisotopic (exact) mass is 422 g/mol. The van der Waals surface area contributed by atoms with Crippen molar-refractivity contribution in [1.82, 2.24) is 14.5 Å². The molecule has 2 N–H and O–H groups in total. The highest BCUT2D eigenvalue weighted by Crippen LogP contribution is 2.55. The van der Waals surface area contributed by atoms with E-state index in [4.69, 9.17) is 22.1 Å². The first-order chi connectivity index (χ1) is 13.5. The van der Waals surface area contributed by atoms with Crippen molar-refractivity contribution in [1.29, 1.82) is 0 Å². The molecule has 7 nitrogen and oxygen atoms in total. The Kier molecular flexibility index (Phi) is 4.62. The standard InChI is InChI=1S/C20H24ClFN4O3/c1-9(23)17-24-15-13(22)6-5-12(21)14(15)18(27)26(17)16-10-7-25(8-11(10)16)19(28)29-20(2,3)4/h5-6,9-11,16H,7-8,23H2,1-4H3/t9-,10?,11?,16?/m0/s1. The van der Waals surface area contributed by atoms with Crippen LogP contribution in [0.1, 0.15) is 45.6 Å². The molecule has 1 aromatic heterocycles. The lowest BCUT2D eigenvalue weighted by molar-refractivity contribution is 0.0266. The van der Waals surface area contributed by atoms with Gasteiger partial charge in [0, 0.05) is 31.0 Å². The van der Waals surface area contributed by atoms with E-state index in [2.05, 4.69) is 4.98 Å². The van der Waals surface area contributed by atoms with Gasteiger partial charge in [0.05, 0.1) is 16.5 Å². The number of likely N-dealkylation sites (tertiary alicyclic amines) is 1. The van der Waals surface area contributed by atoms with E-state index in [-0.39, 0.29) is 39.9 Å². The van der Waals surface area contributed by atoms with Gasteiger partial charge in [-0.3, -0.25) is 9.36 Å². The summed E-state index contributed by atoms with van der Waals surface area (Å²) < 4.78 is 21.3. The van der Waals surface area contributed by atoms with Crippen LogP contribution in [0.25, 0.3) is 10.9 Å². The summed E-state index contributed by atoms with van der Waals surface area (Å²) >= 11 is 6.19. The minimum Gasteiger partial charge on any atom is -0.444 e. The molecule has 2 aliphatic rings. The highest BCUT2D eigenvalue weighted by atomic mass is 35.5. The third-order valence-corrected chi connectivity index (χ3v) is 5.80. The number of nitrogens with zero attached hydrogens (tertiary/aromatic N) is 3. The van der Waals surface area contributed by atoms with E-state index in [1.165, 1.54) is 12.1 Å². The van der Waals surface area contributed by atoms with Gasteiger partial charge in [-0.1, -0.05) is 11.6 Å². The highest BCUT2D eigenvalue weighted by Gasteiger charge is 2.59. The van der Waals surface area contributed by atoms with Crippen molar-refractivity contribution < 1.29 is 13.9 Å². The molecule has 2 aromatic rings. The van der Waals surface area contributed by atoms with E-state index in [1.807, 2.05) is 20.8 Å². The predicted molar refractivity (Wildman–Crippen MR) is 107 cm³/mol. The number of hydrogen-bond acceptors (Lipinski definition) is 5. The molecule has 1 amide bonds. The summed E-state index contributed by atoms with van der Waals surface area (Å²) in [5.41, 5.74) is 5.04. The maximum Gasteiger partial charge on any atom is 0.410 e. The van der Waals surface area contributed by atoms with E-state index < -0.39 is 23.0 Å². The fourth-order valence-corrected chi connectivity index (χ4v) is 4.44. The fourth-order valence-electron chi connectivity index (χ4n) is 4.21. The van der Waals surface area contributed by atoms with Gasteiger partial charge in [0.15, 0.2) is 0 Å². The summed E-state index contributed by atoms with van der Waals surface area (Å²) in [6.45, 7) is 8.15. The van der Waals surface area contributed by atoms with Crippen LogP contribution in [0.2, 0.25) is 5.02 Å². The summed E-state index contributed by atoms with van der Waals surface area (Å²) in [6, 6.07) is 1.85. The first kappa shape index (κ1) is 20.1. The Bertz CT molecular complexity index is 1050. The maximum absolute atomic E-state index is 14.3. The molecule has 9 heteroatoms. The second kappa shape index (κ2) is 6.67. The lowest BCUT2D eigenvalue weighted by Gasteiger charge is -2.26. The number of ether oxygens (including phenoxy) is 1. The quantitative estimate of drug-likeness (QED) is 0.802. The molecular formula is C20H24ClFN4O3. The molecule has 2 heterocycles. The molecule has 1 saturated heterocycles. The smallest absolute Gasteiger partial charge is 0.410 e. The number of amides is 1. The number of nitrogens with two attached hydrogens (primary N) is 1. The summed E-state index contributed by atoms with van der Waals surface area (Å²) in [4.78, 5) is 31.6. The van der Waals surface area contributed by atoms with Gasteiger partial charge in [-0.25, -0.2) is 14.2 Å². The molecule has 29 heavy (non-hydrogen) atoms. The van der Waals surface area contributed by atoms with Crippen LogP contribution in [0.15, 0.2) is 16.9 Å². The third-order valence-electron chi connectivity index (χ3n) is 5.49. The Balaban J connectivity index is 1.68. The van der Waals surface area contributed by atoms with Crippen molar-refractivity contribution >= 4 is 28.6 Å². The number of benzene rings is 1. The van der Waals surface area contributed by atoms with Crippen molar-refractivity contribution in [3.05, 3.63) is 39.2 Å². The Labute approximate surface area is 172 Å². The van der Waals surface area contributed by atoms with Crippen LogP contribution in [0.5, 0.6) is 0 Å². The Hall–Kier alpha value is -2.19. The number of fused-ring (bicyclic) bond motifs is 2. The van der Waals surface area contributed by atoms with Crippen molar-refractivity contribution in [3.8, 4) is 0 Å². The molecule has 0 radical (unpaired) electrons. The van der Waals surface area contributed by atoms with Crippen LogP contribution in [0.4, 0.5) is 9.18 Å². The zero-order valence-electron chi connectivity index (χ0n) is 16.8. The fraction of sp³-hybridized carbons (Fsp3) is 0.550. The number of piperidine rings is 1. The van der Waals surface area contributed by atoms with E-state index in [0.29, 0.717) is 18.9 Å². The summed E-state index contributed by atoms with van der Waals surface area (Å²) in [7, 11) is 0.